The normalized spacial score (nSPS) is 18.6. The van der Waals surface area contributed by atoms with Crippen molar-refractivity contribution in [2.24, 2.45) is 12.8 Å². The Kier molecular flexibility index (Phi) is 3.73. The number of hydrogen-bond acceptors (Lipinski definition) is 4. The van der Waals surface area contributed by atoms with E-state index in [0.29, 0.717) is 5.69 Å². The third-order valence-corrected chi connectivity index (χ3v) is 6.05. The smallest absolute Gasteiger partial charge is 0.247 e. The van der Waals surface area contributed by atoms with Gasteiger partial charge in [0.05, 0.1) is 5.69 Å². The van der Waals surface area contributed by atoms with E-state index < -0.39 is 22.0 Å². The number of benzene rings is 1. The molecule has 2 aromatic rings. The molecule has 0 fully saturated rings. The summed E-state index contributed by atoms with van der Waals surface area (Å²) in [5, 5.41) is 4.08. The van der Waals surface area contributed by atoms with E-state index >= 15 is 0 Å². The van der Waals surface area contributed by atoms with Crippen LogP contribution in [-0.2, 0) is 34.8 Å². The molecule has 0 unspecified atom stereocenters. The molecular formula is C15H18N4O3S. The average molecular weight is 334 g/mol. The number of hydrogen-bond donors (Lipinski definition) is 1. The third kappa shape index (κ3) is 2.64. The summed E-state index contributed by atoms with van der Waals surface area (Å²) >= 11 is 0. The van der Waals surface area contributed by atoms with Crippen molar-refractivity contribution < 1.29 is 13.2 Å². The largest absolute Gasteiger partial charge is 0.368 e. The van der Waals surface area contributed by atoms with Crippen molar-refractivity contribution in [2.45, 2.75) is 30.8 Å². The van der Waals surface area contributed by atoms with Gasteiger partial charge in [-0.1, -0.05) is 24.3 Å². The topological polar surface area (TPSA) is 98.3 Å². The number of aromatic nitrogens is 2. The fraction of sp³-hybridized carbons (Fsp3) is 0.333. The zero-order valence-corrected chi connectivity index (χ0v) is 13.7. The van der Waals surface area contributed by atoms with Gasteiger partial charge in [0.15, 0.2) is 0 Å². The number of primary amides is 1. The summed E-state index contributed by atoms with van der Waals surface area (Å²) in [7, 11) is -2.20. The van der Waals surface area contributed by atoms with Gasteiger partial charge in [-0.25, -0.2) is 8.42 Å². The molecule has 1 aromatic heterocycles. The highest BCUT2D eigenvalue weighted by Gasteiger charge is 2.39. The number of carbonyl (C=O) groups is 1. The van der Waals surface area contributed by atoms with Crippen molar-refractivity contribution in [1.82, 2.24) is 14.1 Å². The van der Waals surface area contributed by atoms with Gasteiger partial charge in [0, 0.05) is 19.8 Å². The van der Waals surface area contributed by atoms with Crippen LogP contribution < -0.4 is 5.73 Å². The molecule has 3 rings (SSSR count). The first-order chi connectivity index (χ1) is 10.8. The molecule has 0 spiro atoms. The van der Waals surface area contributed by atoms with Crippen molar-refractivity contribution in [3.63, 3.8) is 0 Å². The summed E-state index contributed by atoms with van der Waals surface area (Å²) in [4.78, 5) is 11.9. The number of amides is 1. The summed E-state index contributed by atoms with van der Waals surface area (Å²) in [6.07, 6.45) is 1.73. The minimum absolute atomic E-state index is 0.102. The highest BCUT2D eigenvalue weighted by Crippen LogP contribution is 2.29. The van der Waals surface area contributed by atoms with Gasteiger partial charge >= 0.3 is 0 Å². The lowest BCUT2D eigenvalue weighted by Gasteiger charge is -2.33. The summed E-state index contributed by atoms with van der Waals surface area (Å²) in [5.74, 6) is -0.648. The van der Waals surface area contributed by atoms with Crippen molar-refractivity contribution in [2.75, 3.05) is 0 Å². The summed E-state index contributed by atoms with van der Waals surface area (Å²) < 4.78 is 28.6. The average Bonchev–Trinajstić information content (AvgIpc) is 2.85. The number of sulfonamides is 1. The maximum atomic E-state index is 13.0. The van der Waals surface area contributed by atoms with E-state index in [1.54, 1.807) is 14.0 Å². The van der Waals surface area contributed by atoms with E-state index in [1.807, 2.05) is 24.3 Å². The molecule has 0 bridgehead atoms. The lowest BCUT2D eigenvalue weighted by Crippen LogP contribution is -2.51. The molecule has 0 radical (unpaired) electrons. The van der Waals surface area contributed by atoms with E-state index in [0.717, 1.165) is 11.1 Å². The fourth-order valence-electron chi connectivity index (χ4n) is 2.95. The van der Waals surface area contributed by atoms with Crippen LogP contribution in [0.2, 0.25) is 0 Å². The zero-order valence-electron chi connectivity index (χ0n) is 12.9. The molecule has 1 amide bonds. The Morgan fingerprint density at radius 1 is 1.30 bits per heavy atom. The van der Waals surface area contributed by atoms with E-state index in [2.05, 4.69) is 5.10 Å². The molecule has 1 aliphatic rings. The van der Waals surface area contributed by atoms with Crippen LogP contribution in [0.3, 0.4) is 0 Å². The Bertz CT molecular complexity index is 873. The van der Waals surface area contributed by atoms with Crippen molar-refractivity contribution in [3.05, 3.63) is 47.3 Å². The van der Waals surface area contributed by atoms with Crippen LogP contribution >= 0.6 is 0 Å². The Labute approximate surface area is 134 Å². The van der Waals surface area contributed by atoms with Gasteiger partial charge < -0.3 is 5.73 Å². The SMILES string of the molecule is Cc1nn(C)cc1S(=O)(=O)N1Cc2ccccc2C[C@@H]1C(N)=O. The molecule has 2 N–H and O–H groups in total. The van der Waals surface area contributed by atoms with Crippen molar-refractivity contribution in [3.8, 4) is 0 Å². The molecule has 1 aromatic carbocycles. The molecule has 1 aliphatic heterocycles. The molecule has 7 nitrogen and oxygen atoms in total. The maximum Gasteiger partial charge on any atom is 0.247 e. The van der Waals surface area contributed by atoms with Crippen LogP contribution in [0, 0.1) is 6.92 Å². The molecule has 0 saturated heterocycles. The van der Waals surface area contributed by atoms with Gasteiger partial charge in [0.25, 0.3) is 0 Å². The fourth-order valence-corrected chi connectivity index (χ4v) is 4.73. The number of fused-ring (bicyclic) bond motifs is 1. The molecule has 8 heteroatoms. The van der Waals surface area contributed by atoms with Gasteiger partial charge in [-0.3, -0.25) is 9.48 Å². The molecule has 1 atom stereocenters. The Balaban J connectivity index is 2.09. The molecule has 122 valence electrons. The highest BCUT2D eigenvalue weighted by molar-refractivity contribution is 7.89. The van der Waals surface area contributed by atoms with Crippen LogP contribution in [0.25, 0.3) is 0 Å². The summed E-state index contributed by atoms with van der Waals surface area (Å²) in [6, 6.07) is 6.58. The molecule has 0 aliphatic carbocycles. The second-order valence-corrected chi connectivity index (χ2v) is 7.55. The van der Waals surface area contributed by atoms with Crippen LogP contribution in [0.5, 0.6) is 0 Å². The Hall–Kier alpha value is -2.19. The van der Waals surface area contributed by atoms with Gasteiger partial charge in [0.1, 0.15) is 10.9 Å². The van der Waals surface area contributed by atoms with E-state index in [4.69, 9.17) is 5.73 Å². The minimum Gasteiger partial charge on any atom is -0.368 e. The number of carbonyl (C=O) groups excluding carboxylic acids is 1. The number of aryl methyl sites for hydroxylation is 2. The second-order valence-electron chi connectivity index (χ2n) is 5.69. The third-order valence-electron chi connectivity index (χ3n) is 4.09. The summed E-state index contributed by atoms with van der Waals surface area (Å²) in [6.45, 7) is 1.75. The number of rotatable bonds is 3. The Morgan fingerprint density at radius 3 is 2.52 bits per heavy atom. The van der Waals surface area contributed by atoms with Gasteiger partial charge in [-0.15, -0.1) is 0 Å². The lowest BCUT2D eigenvalue weighted by atomic mass is 9.96. The predicted molar refractivity (Wildman–Crippen MR) is 83.8 cm³/mol. The van der Waals surface area contributed by atoms with Gasteiger partial charge in [-0.2, -0.15) is 9.40 Å². The minimum atomic E-state index is -3.86. The van der Waals surface area contributed by atoms with E-state index in [1.165, 1.54) is 15.2 Å². The van der Waals surface area contributed by atoms with Crippen LogP contribution in [-0.4, -0.2) is 34.5 Å². The number of nitrogens with two attached hydrogens (primary N) is 1. The standard InChI is InChI=1S/C15H18N4O3S/c1-10-14(9-18(2)17-10)23(21,22)19-8-12-6-4-3-5-11(12)7-13(19)15(16)20/h3-6,9,13H,7-8H2,1-2H3,(H2,16,20)/t13-/m1/s1. The second kappa shape index (κ2) is 5.47. The van der Waals surface area contributed by atoms with Crippen LogP contribution in [0.4, 0.5) is 0 Å². The van der Waals surface area contributed by atoms with Gasteiger partial charge in [0.2, 0.25) is 15.9 Å². The molecular weight excluding hydrogens is 316 g/mol. The van der Waals surface area contributed by atoms with Crippen molar-refractivity contribution in [1.29, 1.82) is 0 Å². The highest BCUT2D eigenvalue weighted by atomic mass is 32.2. The van der Waals surface area contributed by atoms with Crippen molar-refractivity contribution >= 4 is 15.9 Å². The predicted octanol–water partition coefficient (Wildman–Crippen LogP) is 0.329. The molecule has 2 heterocycles. The zero-order chi connectivity index (χ0) is 16.8. The van der Waals surface area contributed by atoms with Gasteiger partial charge in [-0.05, 0) is 24.5 Å². The maximum absolute atomic E-state index is 13.0. The quantitative estimate of drug-likeness (QED) is 0.874. The first-order valence-electron chi connectivity index (χ1n) is 7.19. The Morgan fingerprint density at radius 2 is 1.96 bits per heavy atom. The van der Waals surface area contributed by atoms with E-state index in [9.17, 15) is 13.2 Å². The molecule has 0 saturated carbocycles. The first kappa shape index (κ1) is 15.7. The molecule has 23 heavy (non-hydrogen) atoms. The van der Waals surface area contributed by atoms with E-state index in [-0.39, 0.29) is 17.9 Å². The summed E-state index contributed by atoms with van der Waals surface area (Å²) in [5.41, 5.74) is 7.70. The monoisotopic (exact) mass is 334 g/mol. The lowest BCUT2D eigenvalue weighted by molar-refractivity contribution is -0.122. The first-order valence-corrected chi connectivity index (χ1v) is 8.63. The van der Waals surface area contributed by atoms with Crippen LogP contribution in [0.15, 0.2) is 35.4 Å². The number of nitrogens with zero attached hydrogens (tertiary/aromatic N) is 3. The van der Waals surface area contributed by atoms with Crippen LogP contribution in [0.1, 0.15) is 16.8 Å².